The van der Waals surface area contributed by atoms with E-state index in [0.29, 0.717) is 6.54 Å². The highest BCUT2D eigenvalue weighted by Crippen LogP contribution is 2.27. The maximum atomic E-state index is 6.26. The average molecular weight is 404 g/mol. The smallest absolute Gasteiger partial charge is 0.0449 e. The van der Waals surface area contributed by atoms with Gasteiger partial charge in [-0.15, -0.1) is 0 Å². The summed E-state index contributed by atoms with van der Waals surface area (Å²) in [5.74, 6) is 0.284. The summed E-state index contributed by atoms with van der Waals surface area (Å²) in [6.45, 7) is 0.605. The summed E-state index contributed by atoms with van der Waals surface area (Å²) < 4.78 is 2.07. The summed E-state index contributed by atoms with van der Waals surface area (Å²) in [5.41, 5.74) is 8.28. The highest BCUT2D eigenvalue weighted by molar-refractivity contribution is 9.10. The molecule has 100 valence electrons. The Morgan fingerprint density at radius 2 is 1.63 bits per heavy atom. The molecule has 2 aromatic carbocycles. The van der Waals surface area contributed by atoms with Crippen LogP contribution < -0.4 is 5.73 Å². The highest BCUT2D eigenvalue weighted by atomic mass is 79.9. The van der Waals surface area contributed by atoms with Crippen LogP contribution in [0.1, 0.15) is 17.0 Å². The van der Waals surface area contributed by atoms with Gasteiger partial charge in [-0.2, -0.15) is 0 Å². The summed E-state index contributed by atoms with van der Waals surface area (Å²) in [4.78, 5) is 0. The fourth-order valence-electron chi connectivity index (χ4n) is 2.02. The minimum Gasteiger partial charge on any atom is -0.330 e. The molecule has 0 heterocycles. The fourth-order valence-corrected chi connectivity index (χ4v) is 3.04. The number of benzene rings is 2. The molecule has 0 aliphatic carbocycles. The van der Waals surface area contributed by atoms with Crippen molar-refractivity contribution >= 4 is 43.5 Å². The lowest BCUT2D eigenvalue weighted by atomic mass is 9.92. The van der Waals surface area contributed by atoms with Crippen molar-refractivity contribution in [3.05, 3.63) is 67.6 Å². The number of hydrogen-bond acceptors (Lipinski definition) is 1. The first-order chi connectivity index (χ1) is 9.10. The lowest BCUT2D eigenvalue weighted by Crippen LogP contribution is -2.15. The van der Waals surface area contributed by atoms with E-state index in [-0.39, 0.29) is 5.92 Å². The second-order valence-corrected chi connectivity index (χ2v) is 6.66. The van der Waals surface area contributed by atoms with Gasteiger partial charge in [-0.25, -0.2) is 0 Å². The molecule has 1 atom stereocenters. The summed E-state index contributed by atoms with van der Waals surface area (Å²) in [6, 6.07) is 14.3. The van der Waals surface area contributed by atoms with Crippen molar-refractivity contribution in [3.8, 4) is 0 Å². The van der Waals surface area contributed by atoms with Gasteiger partial charge in [0.25, 0.3) is 0 Å². The maximum absolute atomic E-state index is 6.26. The molecule has 0 radical (unpaired) electrons. The first kappa shape index (κ1) is 15.0. The van der Waals surface area contributed by atoms with E-state index in [1.807, 2.05) is 30.3 Å². The molecule has 0 aliphatic heterocycles. The summed E-state index contributed by atoms with van der Waals surface area (Å²) >= 11 is 13.1. The third-order valence-corrected chi connectivity index (χ3v) is 4.48. The number of halogens is 3. The van der Waals surface area contributed by atoms with Crippen LogP contribution in [0.3, 0.4) is 0 Å². The molecule has 0 fully saturated rings. The summed E-state index contributed by atoms with van der Waals surface area (Å²) in [7, 11) is 0. The summed E-state index contributed by atoms with van der Waals surface area (Å²) in [5, 5.41) is 0.782. The largest absolute Gasteiger partial charge is 0.330 e. The average Bonchev–Trinajstić information content (AvgIpc) is 2.39. The Bertz CT molecular complexity index is 555. The molecule has 0 spiro atoms. The van der Waals surface area contributed by atoms with Crippen LogP contribution in [0.2, 0.25) is 5.02 Å². The van der Waals surface area contributed by atoms with E-state index in [1.54, 1.807) is 0 Å². The molecular formula is C15H14Br2ClN. The van der Waals surface area contributed by atoms with Gasteiger partial charge in [0.05, 0.1) is 0 Å². The minimum atomic E-state index is 0.284. The van der Waals surface area contributed by atoms with Crippen molar-refractivity contribution < 1.29 is 0 Å². The van der Waals surface area contributed by atoms with Gasteiger partial charge in [0.2, 0.25) is 0 Å². The van der Waals surface area contributed by atoms with Crippen LogP contribution in [-0.4, -0.2) is 6.54 Å². The third kappa shape index (κ3) is 4.06. The van der Waals surface area contributed by atoms with E-state index >= 15 is 0 Å². The van der Waals surface area contributed by atoms with Crippen LogP contribution in [0.25, 0.3) is 0 Å². The monoisotopic (exact) mass is 401 g/mol. The van der Waals surface area contributed by atoms with Crippen molar-refractivity contribution in [1.82, 2.24) is 0 Å². The van der Waals surface area contributed by atoms with E-state index < -0.39 is 0 Å². The number of nitrogens with two attached hydrogens (primary N) is 1. The lowest BCUT2D eigenvalue weighted by Gasteiger charge is -2.16. The van der Waals surface area contributed by atoms with Crippen LogP contribution in [0.15, 0.2) is 51.4 Å². The van der Waals surface area contributed by atoms with Gasteiger partial charge in [0.15, 0.2) is 0 Å². The Morgan fingerprint density at radius 3 is 2.21 bits per heavy atom. The molecule has 4 heteroatoms. The molecule has 19 heavy (non-hydrogen) atoms. The zero-order valence-electron chi connectivity index (χ0n) is 10.2. The van der Waals surface area contributed by atoms with Crippen LogP contribution in [0.4, 0.5) is 0 Å². The Balaban J connectivity index is 2.21. The molecule has 2 N–H and O–H groups in total. The fraction of sp³-hybridized carbons (Fsp3) is 0.200. The zero-order valence-corrected chi connectivity index (χ0v) is 14.2. The van der Waals surface area contributed by atoms with Crippen molar-refractivity contribution in [3.63, 3.8) is 0 Å². The Labute approximate surface area is 135 Å². The van der Waals surface area contributed by atoms with Crippen molar-refractivity contribution in [1.29, 1.82) is 0 Å². The van der Waals surface area contributed by atoms with E-state index in [0.717, 1.165) is 26.0 Å². The molecule has 0 aromatic heterocycles. The van der Waals surface area contributed by atoms with Crippen LogP contribution in [0.5, 0.6) is 0 Å². The van der Waals surface area contributed by atoms with Gasteiger partial charge < -0.3 is 5.73 Å². The first-order valence-corrected chi connectivity index (χ1v) is 7.96. The minimum absolute atomic E-state index is 0.284. The SMILES string of the molecule is NCC(Cc1ccc(Br)cc1Cl)c1ccc(Br)cc1. The lowest BCUT2D eigenvalue weighted by molar-refractivity contribution is 0.694. The normalized spacial score (nSPS) is 12.4. The first-order valence-electron chi connectivity index (χ1n) is 5.99. The molecule has 2 aromatic rings. The molecule has 2 rings (SSSR count). The number of hydrogen-bond donors (Lipinski definition) is 1. The second kappa shape index (κ2) is 6.89. The molecular weight excluding hydrogens is 389 g/mol. The van der Waals surface area contributed by atoms with Gasteiger partial charge in [-0.3, -0.25) is 0 Å². The number of rotatable bonds is 4. The predicted molar refractivity (Wildman–Crippen MR) is 88.8 cm³/mol. The molecule has 1 nitrogen and oxygen atoms in total. The molecule has 0 saturated carbocycles. The molecule has 0 amide bonds. The Morgan fingerprint density at radius 1 is 1.00 bits per heavy atom. The topological polar surface area (TPSA) is 26.0 Å². The quantitative estimate of drug-likeness (QED) is 0.751. The van der Waals surface area contributed by atoms with Gasteiger partial charge in [0.1, 0.15) is 0 Å². The van der Waals surface area contributed by atoms with Gasteiger partial charge in [0, 0.05) is 19.9 Å². The van der Waals surface area contributed by atoms with Crippen molar-refractivity contribution in [2.45, 2.75) is 12.3 Å². The third-order valence-electron chi connectivity index (χ3n) is 3.11. The van der Waals surface area contributed by atoms with E-state index in [1.165, 1.54) is 5.56 Å². The molecule has 0 bridgehead atoms. The molecule has 0 aliphatic rings. The van der Waals surface area contributed by atoms with Crippen molar-refractivity contribution in [2.24, 2.45) is 5.73 Å². The Kier molecular flexibility index (Phi) is 5.46. The van der Waals surface area contributed by atoms with Gasteiger partial charge >= 0.3 is 0 Å². The maximum Gasteiger partial charge on any atom is 0.0449 e. The van der Waals surface area contributed by atoms with Crippen LogP contribution in [-0.2, 0) is 6.42 Å². The van der Waals surface area contributed by atoms with E-state index in [9.17, 15) is 0 Å². The van der Waals surface area contributed by atoms with Crippen molar-refractivity contribution in [2.75, 3.05) is 6.54 Å². The van der Waals surface area contributed by atoms with Crippen LogP contribution in [0, 0.1) is 0 Å². The highest BCUT2D eigenvalue weighted by Gasteiger charge is 2.12. The molecule has 0 saturated heterocycles. The van der Waals surface area contributed by atoms with E-state index in [2.05, 4.69) is 44.0 Å². The van der Waals surface area contributed by atoms with Crippen LogP contribution >= 0.6 is 43.5 Å². The standard InChI is InChI=1S/C15H14Br2ClN/c16-13-4-1-10(2-5-13)12(9-19)7-11-3-6-14(17)8-15(11)18/h1-6,8,12H,7,9,19H2. The zero-order chi connectivity index (χ0) is 13.8. The Hall–Kier alpha value is -0.350. The molecule has 1 unspecified atom stereocenters. The predicted octanol–water partition coefficient (Wildman–Crippen LogP) is 5.15. The second-order valence-electron chi connectivity index (χ2n) is 4.42. The van der Waals surface area contributed by atoms with E-state index in [4.69, 9.17) is 17.3 Å². The van der Waals surface area contributed by atoms with Gasteiger partial charge in [-0.1, -0.05) is 61.7 Å². The van der Waals surface area contributed by atoms with Gasteiger partial charge in [-0.05, 0) is 48.4 Å². The summed E-state index contributed by atoms with van der Waals surface area (Å²) in [6.07, 6.45) is 0.851.